The van der Waals surface area contributed by atoms with Crippen LogP contribution in [-0.4, -0.2) is 25.8 Å². The van der Waals surface area contributed by atoms with Crippen molar-refractivity contribution in [3.8, 4) is 27.8 Å². The van der Waals surface area contributed by atoms with E-state index in [2.05, 4.69) is 15.6 Å². The van der Waals surface area contributed by atoms with Crippen molar-refractivity contribution in [1.29, 1.82) is 0 Å². The lowest BCUT2D eigenvalue weighted by Gasteiger charge is -2.07. The Morgan fingerprint density at radius 2 is 1.89 bits per heavy atom. The summed E-state index contributed by atoms with van der Waals surface area (Å²) in [7, 11) is 0. The first-order valence-electron chi connectivity index (χ1n) is 11.0. The predicted octanol–water partition coefficient (Wildman–Crippen LogP) is 6.92. The Bertz CT molecular complexity index is 1710. The summed E-state index contributed by atoms with van der Waals surface area (Å²) in [5.41, 5.74) is 3.49. The van der Waals surface area contributed by atoms with E-state index in [9.17, 15) is 4.79 Å². The molecule has 0 unspecified atom stereocenters. The fourth-order valence-electron chi connectivity index (χ4n) is 3.97. The minimum absolute atomic E-state index is 0.301. The Kier molecular flexibility index (Phi) is 5.43. The van der Waals surface area contributed by atoms with E-state index >= 15 is 0 Å². The predicted molar refractivity (Wildman–Crippen MR) is 139 cm³/mol. The molecule has 6 rings (SSSR count). The van der Waals surface area contributed by atoms with Crippen molar-refractivity contribution < 1.29 is 13.7 Å². The van der Waals surface area contributed by atoms with Gasteiger partial charge in [-0.2, -0.15) is 9.78 Å². The fourth-order valence-corrected chi connectivity index (χ4v) is 4.97. The standard InChI is InChI=1S/C26H18ClN5O3S/c1-14-11-22(29-25(33)23-15(2)35-31-24(23)17-8-4-5-9-18(17)27)32(30-14)26-28-19(13-36-26)21-12-16-7-3-6-10-20(16)34-21/h3-13H,1-2H3,(H,29,33). The molecule has 1 amide bonds. The van der Waals surface area contributed by atoms with Crippen LogP contribution in [0.4, 0.5) is 5.82 Å². The molecule has 10 heteroatoms. The van der Waals surface area contributed by atoms with E-state index in [0.717, 1.165) is 16.7 Å². The maximum Gasteiger partial charge on any atom is 0.262 e. The number of benzene rings is 2. The molecule has 0 radical (unpaired) electrons. The molecule has 0 aliphatic heterocycles. The van der Waals surface area contributed by atoms with Gasteiger partial charge in [0.25, 0.3) is 5.91 Å². The highest BCUT2D eigenvalue weighted by atomic mass is 35.5. The molecule has 0 spiro atoms. The van der Waals surface area contributed by atoms with Gasteiger partial charge in [0.05, 0.1) is 10.7 Å². The summed E-state index contributed by atoms with van der Waals surface area (Å²) >= 11 is 7.74. The number of anilines is 1. The summed E-state index contributed by atoms with van der Waals surface area (Å²) in [4.78, 5) is 18.1. The molecule has 1 N–H and O–H groups in total. The number of thiazole rings is 1. The average Bonchev–Trinajstić information content (AvgIpc) is 3.64. The molecule has 0 bridgehead atoms. The minimum Gasteiger partial charge on any atom is -0.454 e. The number of carbonyl (C=O) groups is 1. The Morgan fingerprint density at radius 3 is 2.72 bits per heavy atom. The van der Waals surface area contributed by atoms with Gasteiger partial charge in [-0.3, -0.25) is 4.79 Å². The van der Waals surface area contributed by atoms with Crippen LogP contribution in [0.5, 0.6) is 0 Å². The van der Waals surface area contributed by atoms with Gasteiger partial charge in [0.2, 0.25) is 5.13 Å². The molecule has 8 nitrogen and oxygen atoms in total. The lowest BCUT2D eigenvalue weighted by molar-refractivity contribution is 0.102. The summed E-state index contributed by atoms with van der Waals surface area (Å²) in [6.07, 6.45) is 0. The van der Waals surface area contributed by atoms with E-state index in [4.69, 9.17) is 25.5 Å². The molecule has 0 aliphatic rings. The Labute approximate surface area is 214 Å². The van der Waals surface area contributed by atoms with Gasteiger partial charge in [-0.1, -0.05) is 53.2 Å². The average molecular weight is 516 g/mol. The van der Waals surface area contributed by atoms with E-state index in [-0.39, 0.29) is 5.91 Å². The van der Waals surface area contributed by atoms with Gasteiger partial charge >= 0.3 is 0 Å². The molecule has 36 heavy (non-hydrogen) atoms. The second kappa shape index (κ2) is 8.78. The van der Waals surface area contributed by atoms with Crippen LogP contribution in [-0.2, 0) is 0 Å². The van der Waals surface area contributed by atoms with Crippen molar-refractivity contribution >= 4 is 45.6 Å². The van der Waals surface area contributed by atoms with Crippen LogP contribution in [0.1, 0.15) is 21.8 Å². The first-order chi connectivity index (χ1) is 17.5. The quantitative estimate of drug-likeness (QED) is 0.267. The lowest BCUT2D eigenvalue weighted by Crippen LogP contribution is -2.16. The number of furan rings is 1. The Morgan fingerprint density at radius 1 is 1.08 bits per heavy atom. The van der Waals surface area contributed by atoms with Crippen molar-refractivity contribution in [3.05, 3.63) is 88.1 Å². The number of nitrogens with one attached hydrogen (secondary N) is 1. The Hall–Kier alpha value is -4.21. The maximum absolute atomic E-state index is 13.4. The van der Waals surface area contributed by atoms with Crippen molar-refractivity contribution in [2.45, 2.75) is 13.8 Å². The number of hydrogen-bond acceptors (Lipinski definition) is 7. The summed E-state index contributed by atoms with van der Waals surface area (Å²) < 4.78 is 12.9. The zero-order chi connectivity index (χ0) is 24.8. The molecular weight excluding hydrogens is 498 g/mol. The van der Waals surface area contributed by atoms with Gasteiger partial charge in [0, 0.05) is 22.4 Å². The normalized spacial score (nSPS) is 11.3. The topological polar surface area (TPSA) is 99.0 Å². The highest BCUT2D eigenvalue weighted by molar-refractivity contribution is 7.12. The van der Waals surface area contributed by atoms with Crippen LogP contribution in [0.15, 0.2) is 75.0 Å². The van der Waals surface area contributed by atoms with Crippen molar-refractivity contribution in [2.24, 2.45) is 0 Å². The van der Waals surface area contributed by atoms with Gasteiger partial charge < -0.3 is 14.3 Å². The Balaban J connectivity index is 1.33. The van der Waals surface area contributed by atoms with Crippen LogP contribution in [0.25, 0.3) is 38.8 Å². The molecule has 0 saturated heterocycles. The van der Waals surface area contributed by atoms with E-state index in [1.165, 1.54) is 11.3 Å². The van der Waals surface area contributed by atoms with Crippen molar-refractivity contribution in [2.75, 3.05) is 5.32 Å². The van der Waals surface area contributed by atoms with Gasteiger partial charge in [0.1, 0.15) is 34.1 Å². The molecule has 2 aromatic carbocycles. The number of rotatable bonds is 5. The molecule has 178 valence electrons. The van der Waals surface area contributed by atoms with Crippen LogP contribution >= 0.6 is 22.9 Å². The third-order valence-corrected chi connectivity index (χ3v) is 6.79. The van der Waals surface area contributed by atoms with E-state index in [0.29, 0.717) is 50.0 Å². The lowest BCUT2D eigenvalue weighted by atomic mass is 10.1. The molecule has 4 aromatic heterocycles. The highest BCUT2D eigenvalue weighted by Crippen LogP contribution is 2.33. The van der Waals surface area contributed by atoms with Gasteiger partial charge in [0.15, 0.2) is 5.76 Å². The third-order valence-electron chi connectivity index (χ3n) is 5.64. The number of amides is 1. The van der Waals surface area contributed by atoms with E-state index in [1.807, 2.05) is 54.8 Å². The van der Waals surface area contributed by atoms with Crippen molar-refractivity contribution in [3.63, 3.8) is 0 Å². The zero-order valence-electron chi connectivity index (χ0n) is 19.2. The fraction of sp³-hybridized carbons (Fsp3) is 0.0769. The maximum atomic E-state index is 13.4. The second-order valence-electron chi connectivity index (χ2n) is 8.14. The van der Waals surface area contributed by atoms with Gasteiger partial charge in [-0.25, -0.2) is 4.98 Å². The van der Waals surface area contributed by atoms with Crippen molar-refractivity contribution in [1.82, 2.24) is 19.9 Å². The molecule has 0 atom stereocenters. The first-order valence-corrected chi connectivity index (χ1v) is 12.3. The largest absolute Gasteiger partial charge is 0.454 e. The van der Waals surface area contributed by atoms with Crippen LogP contribution in [0.2, 0.25) is 5.02 Å². The number of aromatic nitrogens is 4. The zero-order valence-corrected chi connectivity index (χ0v) is 20.7. The van der Waals surface area contributed by atoms with Crippen LogP contribution in [0, 0.1) is 13.8 Å². The number of para-hydroxylation sites is 1. The molecule has 6 aromatic rings. The van der Waals surface area contributed by atoms with Crippen LogP contribution in [0.3, 0.4) is 0 Å². The number of aryl methyl sites for hydroxylation is 2. The number of carbonyl (C=O) groups excluding carboxylic acids is 1. The monoisotopic (exact) mass is 515 g/mol. The van der Waals surface area contributed by atoms with E-state index in [1.54, 1.807) is 29.8 Å². The number of fused-ring (bicyclic) bond motifs is 1. The molecule has 0 aliphatic carbocycles. The molecule has 0 fully saturated rings. The van der Waals surface area contributed by atoms with E-state index < -0.39 is 0 Å². The molecule has 4 heterocycles. The number of hydrogen-bond donors (Lipinski definition) is 1. The third kappa shape index (κ3) is 3.88. The number of nitrogens with zero attached hydrogens (tertiary/aromatic N) is 4. The smallest absolute Gasteiger partial charge is 0.262 e. The molecule has 0 saturated carbocycles. The second-order valence-corrected chi connectivity index (χ2v) is 9.39. The van der Waals surface area contributed by atoms with Gasteiger partial charge in [-0.15, -0.1) is 11.3 Å². The first kappa shape index (κ1) is 22.3. The summed E-state index contributed by atoms with van der Waals surface area (Å²) in [5.74, 6) is 1.12. The molecular formula is C26H18ClN5O3S. The minimum atomic E-state index is -0.390. The van der Waals surface area contributed by atoms with Gasteiger partial charge in [-0.05, 0) is 32.0 Å². The SMILES string of the molecule is Cc1cc(NC(=O)c2c(-c3ccccc3Cl)noc2C)n(-c2nc(-c3cc4ccccc4o3)cs2)n1. The summed E-state index contributed by atoms with van der Waals surface area (Å²) in [6, 6.07) is 18.7. The number of halogens is 1. The summed E-state index contributed by atoms with van der Waals surface area (Å²) in [5, 5.41) is 15.5. The van der Waals surface area contributed by atoms with Crippen LogP contribution < -0.4 is 5.32 Å². The highest BCUT2D eigenvalue weighted by Gasteiger charge is 2.25. The summed E-state index contributed by atoms with van der Waals surface area (Å²) in [6.45, 7) is 3.53.